The molecule has 0 N–H and O–H groups in total. The number of carbonyl (C=O) groups is 1. The van der Waals surface area contributed by atoms with Crippen LogP contribution in [0.2, 0.25) is 0 Å². The van der Waals surface area contributed by atoms with Gasteiger partial charge in [-0.25, -0.2) is 9.07 Å². The van der Waals surface area contributed by atoms with Crippen LogP contribution in [0.4, 0.5) is 10.1 Å². The number of carbonyl (C=O) groups excluding carboxylic acids is 1. The fraction of sp³-hybridized carbons (Fsp3) is 0.235. The molecule has 0 aliphatic carbocycles. The number of aryl methyl sites for hydroxylation is 1. The maximum Gasteiger partial charge on any atom is 0.311 e. The second-order valence-corrected chi connectivity index (χ2v) is 6.96. The molecule has 0 saturated carbocycles. The molecule has 3 aromatic rings. The molecule has 0 saturated heterocycles. The van der Waals surface area contributed by atoms with E-state index in [9.17, 15) is 19.3 Å². The SMILES string of the molecule is CN(Cc1c(Br)cnn1C)C(=O)c1ccn(COc2cc(F)ccc2[N+](=O)[O-])n1. The summed E-state index contributed by atoms with van der Waals surface area (Å²) >= 11 is 3.39. The van der Waals surface area contributed by atoms with Crippen LogP contribution < -0.4 is 4.74 Å². The van der Waals surface area contributed by atoms with Crippen molar-refractivity contribution in [3.05, 3.63) is 68.5 Å². The molecule has 0 aliphatic rings. The lowest BCUT2D eigenvalue weighted by molar-refractivity contribution is -0.386. The van der Waals surface area contributed by atoms with Crippen molar-refractivity contribution in [1.29, 1.82) is 0 Å². The number of ether oxygens (including phenoxy) is 1. The van der Waals surface area contributed by atoms with Crippen molar-refractivity contribution in [3.63, 3.8) is 0 Å². The molecular formula is C17H16BrFN6O4. The molecule has 0 unspecified atom stereocenters. The molecule has 2 heterocycles. The molecule has 3 rings (SSSR count). The fourth-order valence-corrected chi connectivity index (χ4v) is 3.02. The van der Waals surface area contributed by atoms with Gasteiger partial charge in [-0.05, 0) is 28.1 Å². The van der Waals surface area contributed by atoms with Crippen molar-refractivity contribution < 1.29 is 18.8 Å². The van der Waals surface area contributed by atoms with E-state index in [1.54, 1.807) is 25.0 Å². The molecule has 0 radical (unpaired) electrons. The van der Waals surface area contributed by atoms with Gasteiger partial charge in [-0.15, -0.1) is 0 Å². The molecule has 0 aliphatic heterocycles. The minimum absolute atomic E-state index is 0.170. The average Bonchev–Trinajstić information content (AvgIpc) is 3.27. The van der Waals surface area contributed by atoms with E-state index in [-0.39, 0.29) is 29.8 Å². The van der Waals surface area contributed by atoms with Crippen molar-refractivity contribution in [2.75, 3.05) is 7.05 Å². The van der Waals surface area contributed by atoms with Gasteiger partial charge >= 0.3 is 5.69 Å². The lowest BCUT2D eigenvalue weighted by Crippen LogP contribution is -2.28. The Morgan fingerprint density at radius 1 is 1.41 bits per heavy atom. The molecule has 0 fully saturated rings. The predicted molar refractivity (Wildman–Crippen MR) is 103 cm³/mol. The average molecular weight is 467 g/mol. The van der Waals surface area contributed by atoms with Crippen LogP contribution in [0.15, 0.2) is 41.1 Å². The number of nitro groups is 1. The molecule has 0 spiro atoms. The normalized spacial score (nSPS) is 10.8. The van der Waals surface area contributed by atoms with Crippen molar-refractivity contribution in [2.45, 2.75) is 13.3 Å². The molecule has 152 valence electrons. The van der Waals surface area contributed by atoms with Crippen LogP contribution in [0, 0.1) is 15.9 Å². The topological polar surface area (TPSA) is 108 Å². The van der Waals surface area contributed by atoms with E-state index >= 15 is 0 Å². The zero-order valence-corrected chi connectivity index (χ0v) is 17.0. The first-order valence-electron chi connectivity index (χ1n) is 8.28. The largest absolute Gasteiger partial charge is 0.464 e. The highest BCUT2D eigenvalue weighted by atomic mass is 79.9. The van der Waals surface area contributed by atoms with Gasteiger partial charge in [0.15, 0.2) is 12.4 Å². The molecule has 29 heavy (non-hydrogen) atoms. The van der Waals surface area contributed by atoms with Crippen LogP contribution in [0.25, 0.3) is 0 Å². The second-order valence-electron chi connectivity index (χ2n) is 6.11. The molecule has 0 atom stereocenters. The number of halogens is 2. The summed E-state index contributed by atoms with van der Waals surface area (Å²) in [4.78, 5) is 24.4. The predicted octanol–water partition coefficient (Wildman–Crippen LogP) is 2.74. The number of amides is 1. The molecule has 0 bridgehead atoms. The first kappa shape index (κ1) is 20.5. The zero-order valence-electron chi connectivity index (χ0n) is 15.5. The van der Waals surface area contributed by atoms with E-state index in [4.69, 9.17) is 4.74 Å². The first-order valence-corrected chi connectivity index (χ1v) is 9.07. The van der Waals surface area contributed by atoms with Gasteiger partial charge in [0, 0.05) is 32.4 Å². The molecule has 10 nitrogen and oxygen atoms in total. The van der Waals surface area contributed by atoms with Crippen molar-refractivity contribution in [1.82, 2.24) is 24.5 Å². The Balaban J connectivity index is 1.67. The van der Waals surface area contributed by atoms with Gasteiger partial charge in [0.25, 0.3) is 5.91 Å². The van der Waals surface area contributed by atoms with E-state index in [1.165, 1.54) is 21.8 Å². The number of rotatable bonds is 7. The highest BCUT2D eigenvalue weighted by Gasteiger charge is 2.19. The second kappa shape index (κ2) is 8.39. The van der Waals surface area contributed by atoms with Crippen LogP contribution >= 0.6 is 15.9 Å². The first-order chi connectivity index (χ1) is 13.8. The molecular weight excluding hydrogens is 451 g/mol. The van der Waals surface area contributed by atoms with Crippen LogP contribution in [0.3, 0.4) is 0 Å². The Kier molecular flexibility index (Phi) is 5.92. The summed E-state index contributed by atoms with van der Waals surface area (Å²) in [6.07, 6.45) is 3.14. The van der Waals surface area contributed by atoms with Crippen LogP contribution in [0.5, 0.6) is 5.75 Å². The summed E-state index contributed by atoms with van der Waals surface area (Å²) in [5, 5.41) is 19.2. The number of hydrogen-bond donors (Lipinski definition) is 0. The van der Waals surface area contributed by atoms with Gasteiger partial charge in [0.2, 0.25) is 5.75 Å². The van der Waals surface area contributed by atoms with Crippen LogP contribution in [-0.2, 0) is 20.3 Å². The van der Waals surface area contributed by atoms with Gasteiger partial charge in [-0.1, -0.05) is 0 Å². The molecule has 1 amide bonds. The third-order valence-corrected chi connectivity index (χ3v) is 4.74. The van der Waals surface area contributed by atoms with E-state index in [0.29, 0.717) is 6.54 Å². The minimum Gasteiger partial charge on any atom is -0.464 e. The molecule has 12 heteroatoms. The van der Waals surface area contributed by atoms with Crippen LogP contribution in [-0.4, -0.2) is 42.3 Å². The number of nitro benzene ring substituents is 1. The van der Waals surface area contributed by atoms with E-state index in [2.05, 4.69) is 26.1 Å². The Hall–Kier alpha value is -3.28. The summed E-state index contributed by atoms with van der Waals surface area (Å²) in [5.74, 6) is -1.21. The number of aromatic nitrogens is 4. The Labute approximate surface area is 172 Å². The number of hydrogen-bond acceptors (Lipinski definition) is 6. The Morgan fingerprint density at radius 2 is 2.17 bits per heavy atom. The van der Waals surface area contributed by atoms with E-state index < -0.39 is 10.7 Å². The lowest BCUT2D eigenvalue weighted by Gasteiger charge is -2.16. The number of benzene rings is 1. The summed E-state index contributed by atoms with van der Waals surface area (Å²) < 4.78 is 22.4. The van der Waals surface area contributed by atoms with Gasteiger partial charge in [-0.2, -0.15) is 10.2 Å². The van der Waals surface area contributed by atoms with Crippen molar-refractivity contribution >= 4 is 27.5 Å². The Morgan fingerprint density at radius 3 is 2.83 bits per heavy atom. The third kappa shape index (κ3) is 4.59. The highest BCUT2D eigenvalue weighted by Crippen LogP contribution is 2.27. The van der Waals surface area contributed by atoms with Crippen LogP contribution in [0.1, 0.15) is 16.2 Å². The smallest absolute Gasteiger partial charge is 0.311 e. The third-order valence-electron chi connectivity index (χ3n) is 4.07. The summed E-state index contributed by atoms with van der Waals surface area (Å²) in [7, 11) is 3.41. The summed E-state index contributed by atoms with van der Waals surface area (Å²) in [6.45, 7) is 0.0866. The van der Waals surface area contributed by atoms with E-state index in [0.717, 1.165) is 28.4 Å². The van der Waals surface area contributed by atoms with Gasteiger partial charge < -0.3 is 9.64 Å². The summed E-state index contributed by atoms with van der Waals surface area (Å²) in [6, 6.07) is 4.42. The van der Waals surface area contributed by atoms with Gasteiger partial charge in [0.1, 0.15) is 5.82 Å². The van der Waals surface area contributed by atoms with Gasteiger partial charge in [0.05, 0.1) is 27.8 Å². The molecule has 2 aromatic heterocycles. The zero-order chi connectivity index (χ0) is 21.1. The number of nitrogens with zero attached hydrogens (tertiary/aromatic N) is 6. The minimum atomic E-state index is -0.668. The fourth-order valence-electron chi connectivity index (χ4n) is 2.54. The van der Waals surface area contributed by atoms with Crippen molar-refractivity contribution in [2.24, 2.45) is 7.05 Å². The van der Waals surface area contributed by atoms with Crippen molar-refractivity contribution in [3.8, 4) is 5.75 Å². The maximum atomic E-state index is 13.4. The lowest BCUT2D eigenvalue weighted by atomic mass is 10.3. The standard InChI is InChI=1S/C17H16BrFN6O4/c1-22(9-15-12(18)8-20-23(15)2)17(26)13-5-6-24(21-13)10-29-16-7-11(19)3-4-14(16)25(27)28/h3-8H,9-10H2,1-2H3. The highest BCUT2D eigenvalue weighted by molar-refractivity contribution is 9.10. The quantitative estimate of drug-likeness (QED) is 0.391. The Bertz CT molecular complexity index is 1050. The van der Waals surface area contributed by atoms with E-state index in [1.807, 2.05) is 0 Å². The summed E-state index contributed by atoms with van der Waals surface area (Å²) in [5.41, 5.74) is 0.626. The van der Waals surface area contributed by atoms with Gasteiger partial charge in [-0.3, -0.25) is 19.6 Å². The molecule has 1 aromatic carbocycles. The maximum absolute atomic E-state index is 13.4. The monoisotopic (exact) mass is 466 g/mol.